The lowest BCUT2D eigenvalue weighted by Crippen LogP contribution is -2.33. The molecular formula is C15H15ClN2O2S. The molecule has 1 atom stereocenters. The lowest BCUT2D eigenvalue weighted by atomic mass is 10.2. The van der Waals surface area contributed by atoms with Crippen LogP contribution >= 0.6 is 22.9 Å². The minimum absolute atomic E-state index is 0.309. The van der Waals surface area contributed by atoms with Crippen molar-refractivity contribution in [3.8, 4) is 5.75 Å². The first kappa shape index (κ1) is 15.5. The Morgan fingerprint density at radius 3 is 2.95 bits per heavy atom. The number of carbonyl (C=O) groups is 1. The van der Waals surface area contributed by atoms with Gasteiger partial charge in [-0.25, -0.2) is 5.43 Å². The number of nitrogens with one attached hydrogen (secondary N) is 1. The van der Waals surface area contributed by atoms with Crippen molar-refractivity contribution in [1.29, 1.82) is 0 Å². The highest BCUT2D eigenvalue weighted by Crippen LogP contribution is 2.22. The maximum absolute atomic E-state index is 11.9. The van der Waals surface area contributed by atoms with Crippen LogP contribution < -0.4 is 10.2 Å². The summed E-state index contributed by atoms with van der Waals surface area (Å²) in [6, 6.07) is 7.17. The van der Waals surface area contributed by atoms with Gasteiger partial charge in [-0.05, 0) is 54.4 Å². The number of carbonyl (C=O) groups excluding carboxylic acids is 1. The molecule has 0 radical (unpaired) electrons. The molecule has 0 aliphatic rings. The van der Waals surface area contributed by atoms with Gasteiger partial charge >= 0.3 is 0 Å². The third-order valence-corrected chi connectivity index (χ3v) is 3.68. The minimum atomic E-state index is -0.649. The third-order valence-electron chi connectivity index (χ3n) is 2.74. The van der Waals surface area contributed by atoms with Crippen LogP contribution in [0.15, 0.2) is 40.1 Å². The van der Waals surface area contributed by atoms with Crippen molar-refractivity contribution in [2.75, 3.05) is 0 Å². The Morgan fingerprint density at radius 1 is 1.48 bits per heavy atom. The summed E-state index contributed by atoms with van der Waals surface area (Å²) in [7, 11) is 0. The monoisotopic (exact) mass is 322 g/mol. The van der Waals surface area contributed by atoms with E-state index in [1.54, 1.807) is 42.7 Å². The summed E-state index contributed by atoms with van der Waals surface area (Å²) in [6.07, 6.45) is 0.943. The third kappa shape index (κ3) is 4.58. The molecule has 1 amide bonds. The topological polar surface area (TPSA) is 50.7 Å². The first-order valence-electron chi connectivity index (χ1n) is 6.34. The van der Waals surface area contributed by atoms with Crippen molar-refractivity contribution in [3.05, 3.63) is 51.2 Å². The highest BCUT2D eigenvalue weighted by atomic mass is 35.5. The number of halogens is 1. The summed E-state index contributed by atoms with van der Waals surface area (Å²) < 4.78 is 5.61. The normalized spacial score (nSPS) is 12.3. The van der Waals surface area contributed by atoms with Crippen molar-refractivity contribution in [3.63, 3.8) is 0 Å². The van der Waals surface area contributed by atoms with Crippen molar-refractivity contribution in [2.24, 2.45) is 5.10 Å². The zero-order chi connectivity index (χ0) is 15.2. The molecule has 21 heavy (non-hydrogen) atoms. The molecule has 2 aromatic rings. The number of hydrazone groups is 1. The second-order valence-corrected chi connectivity index (χ2v) is 5.68. The maximum atomic E-state index is 11.9. The van der Waals surface area contributed by atoms with E-state index in [1.807, 2.05) is 23.8 Å². The molecule has 1 N–H and O–H groups in total. The van der Waals surface area contributed by atoms with E-state index in [1.165, 1.54) is 0 Å². The Bertz CT molecular complexity index is 641. The molecule has 0 saturated carbocycles. The number of nitrogens with zero attached hydrogens (tertiary/aromatic N) is 1. The van der Waals surface area contributed by atoms with Gasteiger partial charge in [-0.2, -0.15) is 16.4 Å². The van der Waals surface area contributed by atoms with Gasteiger partial charge in [-0.15, -0.1) is 0 Å². The van der Waals surface area contributed by atoms with Gasteiger partial charge in [-0.1, -0.05) is 11.6 Å². The average Bonchev–Trinajstić information content (AvgIpc) is 2.95. The second-order valence-electron chi connectivity index (χ2n) is 4.46. The number of aryl methyl sites for hydroxylation is 1. The van der Waals surface area contributed by atoms with Crippen LogP contribution in [-0.2, 0) is 4.79 Å². The molecule has 1 aromatic carbocycles. The van der Waals surface area contributed by atoms with E-state index in [4.69, 9.17) is 16.3 Å². The Kier molecular flexibility index (Phi) is 5.36. The van der Waals surface area contributed by atoms with Crippen molar-refractivity contribution in [2.45, 2.75) is 20.0 Å². The number of hydrogen-bond donors (Lipinski definition) is 1. The predicted octanol–water partition coefficient (Wildman–Crippen LogP) is 3.63. The fourth-order valence-electron chi connectivity index (χ4n) is 1.60. The van der Waals surface area contributed by atoms with Crippen LogP contribution in [0.2, 0.25) is 5.02 Å². The largest absolute Gasteiger partial charge is 0.481 e. The van der Waals surface area contributed by atoms with Crippen molar-refractivity contribution < 1.29 is 9.53 Å². The van der Waals surface area contributed by atoms with Gasteiger partial charge in [0.2, 0.25) is 0 Å². The highest BCUT2D eigenvalue weighted by molar-refractivity contribution is 7.08. The maximum Gasteiger partial charge on any atom is 0.280 e. The molecular weight excluding hydrogens is 308 g/mol. The summed E-state index contributed by atoms with van der Waals surface area (Å²) in [6.45, 7) is 3.55. The summed E-state index contributed by atoms with van der Waals surface area (Å²) in [5.41, 5.74) is 4.28. The molecule has 0 fully saturated rings. The van der Waals surface area contributed by atoms with Gasteiger partial charge in [0.25, 0.3) is 5.91 Å². The molecule has 0 saturated heterocycles. The van der Waals surface area contributed by atoms with Gasteiger partial charge in [0.05, 0.1) is 6.21 Å². The summed E-state index contributed by atoms with van der Waals surface area (Å²) >= 11 is 7.45. The van der Waals surface area contributed by atoms with Gasteiger partial charge in [0, 0.05) is 10.6 Å². The van der Waals surface area contributed by atoms with Gasteiger partial charge < -0.3 is 4.74 Å². The molecule has 0 aliphatic carbocycles. The predicted molar refractivity (Wildman–Crippen MR) is 86.3 cm³/mol. The lowest BCUT2D eigenvalue weighted by molar-refractivity contribution is -0.127. The van der Waals surface area contributed by atoms with Crippen LogP contribution in [0.25, 0.3) is 0 Å². The van der Waals surface area contributed by atoms with Crippen molar-refractivity contribution in [1.82, 2.24) is 5.43 Å². The molecule has 6 heteroatoms. The van der Waals surface area contributed by atoms with Crippen LogP contribution in [-0.4, -0.2) is 18.2 Å². The number of benzene rings is 1. The summed E-state index contributed by atoms with van der Waals surface area (Å²) in [5.74, 6) is 0.319. The summed E-state index contributed by atoms with van der Waals surface area (Å²) in [5, 5.41) is 8.41. The molecule has 1 unspecified atom stereocenters. The molecule has 0 aliphatic heterocycles. The van der Waals surface area contributed by atoms with Crippen LogP contribution in [0, 0.1) is 6.92 Å². The zero-order valence-electron chi connectivity index (χ0n) is 11.7. The van der Waals surface area contributed by atoms with Crippen LogP contribution in [0.4, 0.5) is 0 Å². The fraction of sp³-hybridized carbons (Fsp3) is 0.200. The first-order chi connectivity index (χ1) is 10.1. The minimum Gasteiger partial charge on any atom is -0.481 e. The first-order valence-corrected chi connectivity index (χ1v) is 7.66. The molecule has 1 heterocycles. The second kappa shape index (κ2) is 7.24. The Balaban J connectivity index is 1.90. The van der Waals surface area contributed by atoms with E-state index in [0.29, 0.717) is 10.8 Å². The van der Waals surface area contributed by atoms with Crippen LogP contribution in [0.5, 0.6) is 5.75 Å². The number of thiophene rings is 1. The standard InChI is InChI=1S/C15H15ClN2O2S/c1-10-7-13(16)3-4-14(10)20-11(2)15(19)18-17-8-12-5-6-21-9-12/h3-9,11H,1-2H3,(H,18,19)/b17-8+. The SMILES string of the molecule is Cc1cc(Cl)ccc1OC(C)C(=O)N/N=C/c1ccsc1. The van der Waals surface area contributed by atoms with Gasteiger partial charge in [0.15, 0.2) is 6.10 Å². The number of hydrogen-bond acceptors (Lipinski definition) is 4. The molecule has 110 valence electrons. The van der Waals surface area contributed by atoms with E-state index >= 15 is 0 Å². The van der Waals surface area contributed by atoms with E-state index in [9.17, 15) is 4.79 Å². The Labute approximate surface area is 132 Å². The van der Waals surface area contributed by atoms with E-state index in [2.05, 4.69) is 10.5 Å². The smallest absolute Gasteiger partial charge is 0.280 e. The fourth-order valence-corrected chi connectivity index (χ4v) is 2.44. The quantitative estimate of drug-likeness (QED) is 0.675. The Hall–Kier alpha value is -1.85. The van der Waals surface area contributed by atoms with Crippen molar-refractivity contribution >= 4 is 35.1 Å². The molecule has 0 bridgehead atoms. The zero-order valence-corrected chi connectivity index (χ0v) is 13.2. The average molecular weight is 323 g/mol. The van der Waals surface area contributed by atoms with Gasteiger partial charge in [0.1, 0.15) is 5.75 Å². The van der Waals surface area contributed by atoms with E-state index < -0.39 is 6.10 Å². The van der Waals surface area contributed by atoms with Gasteiger partial charge in [-0.3, -0.25) is 4.79 Å². The lowest BCUT2D eigenvalue weighted by Gasteiger charge is -2.14. The van der Waals surface area contributed by atoms with E-state index in [0.717, 1.165) is 11.1 Å². The van der Waals surface area contributed by atoms with Crippen LogP contribution in [0.3, 0.4) is 0 Å². The summed E-state index contributed by atoms with van der Waals surface area (Å²) in [4.78, 5) is 11.9. The van der Waals surface area contributed by atoms with Crippen LogP contribution in [0.1, 0.15) is 18.1 Å². The molecule has 1 aromatic heterocycles. The molecule has 0 spiro atoms. The number of rotatable bonds is 5. The number of amides is 1. The molecule has 2 rings (SSSR count). The number of ether oxygens (including phenoxy) is 1. The Morgan fingerprint density at radius 2 is 2.29 bits per heavy atom. The highest BCUT2D eigenvalue weighted by Gasteiger charge is 2.15. The molecule has 4 nitrogen and oxygen atoms in total. The van der Waals surface area contributed by atoms with E-state index in [-0.39, 0.29) is 5.91 Å².